The first-order valence-corrected chi connectivity index (χ1v) is 10.6. The van der Waals surface area contributed by atoms with Crippen molar-refractivity contribution in [2.75, 3.05) is 13.1 Å². The molecular weight excluding hydrogens is 421 g/mol. The number of benzene rings is 2. The van der Waals surface area contributed by atoms with Crippen LogP contribution < -0.4 is 5.32 Å². The Morgan fingerprint density at radius 2 is 1.84 bits per heavy atom. The van der Waals surface area contributed by atoms with Gasteiger partial charge in [-0.25, -0.2) is 9.18 Å². The minimum Gasteiger partial charge on any atom is -0.339 e. The van der Waals surface area contributed by atoms with Crippen molar-refractivity contribution in [2.45, 2.75) is 31.8 Å². The minimum absolute atomic E-state index is 0.0899. The first kappa shape index (κ1) is 21.3. The van der Waals surface area contributed by atoms with E-state index in [9.17, 15) is 18.8 Å². The van der Waals surface area contributed by atoms with Crippen LogP contribution in [-0.4, -0.2) is 46.3 Å². The highest BCUT2D eigenvalue weighted by Gasteiger charge is 2.52. The van der Waals surface area contributed by atoms with Gasteiger partial charge in [-0.3, -0.25) is 14.5 Å². The van der Waals surface area contributed by atoms with Crippen LogP contribution in [0.3, 0.4) is 0 Å². The predicted octanol–water partition coefficient (Wildman–Crippen LogP) is 3.84. The molecule has 4 amide bonds. The first-order chi connectivity index (χ1) is 14.8. The number of nitrogens with one attached hydrogen (secondary N) is 1. The molecule has 0 saturated carbocycles. The van der Waals surface area contributed by atoms with Gasteiger partial charge in [0.2, 0.25) is 0 Å². The van der Waals surface area contributed by atoms with Gasteiger partial charge in [0.05, 0.1) is 6.54 Å². The molecule has 4 rings (SSSR count). The number of urea groups is 1. The molecular formula is C23H23ClFN3O3. The maximum absolute atomic E-state index is 13.2. The Balaban J connectivity index is 1.42. The van der Waals surface area contributed by atoms with Crippen molar-refractivity contribution in [3.63, 3.8) is 0 Å². The summed E-state index contributed by atoms with van der Waals surface area (Å²) in [5.74, 6) is -0.845. The highest BCUT2D eigenvalue weighted by molar-refractivity contribution is 6.30. The van der Waals surface area contributed by atoms with Gasteiger partial charge in [-0.15, -0.1) is 0 Å². The van der Waals surface area contributed by atoms with E-state index in [4.69, 9.17) is 11.6 Å². The maximum atomic E-state index is 13.2. The molecule has 2 fully saturated rings. The molecule has 0 radical (unpaired) electrons. The van der Waals surface area contributed by atoms with Crippen LogP contribution in [0.2, 0.25) is 5.02 Å². The average molecular weight is 444 g/mol. The molecule has 31 heavy (non-hydrogen) atoms. The third-order valence-corrected chi connectivity index (χ3v) is 6.46. The number of amides is 4. The SMILES string of the molecule is CC1(C2CCN(C(=O)c3cccc(Cl)c3)CC2)NC(=O)N(Cc2ccc(F)cc2)C1=O. The van der Waals surface area contributed by atoms with Crippen LogP contribution >= 0.6 is 11.6 Å². The van der Waals surface area contributed by atoms with Crippen LogP contribution in [0.25, 0.3) is 0 Å². The fourth-order valence-electron chi connectivity index (χ4n) is 4.37. The van der Waals surface area contributed by atoms with E-state index in [0.29, 0.717) is 42.1 Å². The Labute approximate surface area is 185 Å². The molecule has 2 aromatic rings. The van der Waals surface area contributed by atoms with Crippen LogP contribution in [0.5, 0.6) is 0 Å². The summed E-state index contributed by atoms with van der Waals surface area (Å²) < 4.78 is 13.1. The lowest BCUT2D eigenvalue weighted by molar-refractivity contribution is -0.133. The lowest BCUT2D eigenvalue weighted by atomic mass is 9.78. The first-order valence-electron chi connectivity index (χ1n) is 10.2. The van der Waals surface area contributed by atoms with Crippen molar-refractivity contribution < 1.29 is 18.8 Å². The summed E-state index contributed by atoms with van der Waals surface area (Å²) in [7, 11) is 0. The van der Waals surface area contributed by atoms with Gasteiger partial charge in [0.15, 0.2) is 0 Å². The van der Waals surface area contributed by atoms with E-state index in [1.807, 2.05) is 0 Å². The zero-order valence-corrected chi connectivity index (χ0v) is 17.9. The van der Waals surface area contributed by atoms with Gasteiger partial charge in [-0.1, -0.05) is 29.8 Å². The second kappa shape index (κ2) is 8.30. The molecule has 1 unspecified atom stereocenters. The molecule has 1 N–H and O–H groups in total. The summed E-state index contributed by atoms with van der Waals surface area (Å²) in [6.07, 6.45) is 1.19. The normalized spacial score (nSPS) is 22.0. The van der Waals surface area contributed by atoms with Gasteiger partial charge in [-0.2, -0.15) is 0 Å². The van der Waals surface area contributed by atoms with Gasteiger partial charge in [0.1, 0.15) is 11.4 Å². The Bertz CT molecular complexity index is 1020. The quantitative estimate of drug-likeness (QED) is 0.730. The number of carbonyl (C=O) groups is 3. The Kier molecular flexibility index (Phi) is 5.71. The number of hydrogen-bond donors (Lipinski definition) is 1. The second-order valence-electron chi connectivity index (χ2n) is 8.23. The predicted molar refractivity (Wildman–Crippen MR) is 114 cm³/mol. The summed E-state index contributed by atoms with van der Waals surface area (Å²) in [6.45, 7) is 2.82. The maximum Gasteiger partial charge on any atom is 0.325 e. The van der Waals surface area contributed by atoms with Crippen molar-refractivity contribution >= 4 is 29.4 Å². The molecule has 6 nitrogen and oxygen atoms in total. The molecule has 2 saturated heterocycles. The van der Waals surface area contributed by atoms with Gasteiger partial charge >= 0.3 is 6.03 Å². The van der Waals surface area contributed by atoms with Gasteiger partial charge < -0.3 is 10.2 Å². The van der Waals surface area contributed by atoms with Gasteiger partial charge in [0.25, 0.3) is 11.8 Å². The van der Waals surface area contributed by atoms with Crippen LogP contribution in [0.15, 0.2) is 48.5 Å². The smallest absolute Gasteiger partial charge is 0.325 e. The van der Waals surface area contributed by atoms with Crippen LogP contribution in [0.4, 0.5) is 9.18 Å². The van der Waals surface area contributed by atoms with Crippen molar-refractivity contribution in [3.05, 3.63) is 70.5 Å². The molecule has 8 heteroatoms. The third kappa shape index (κ3) is 4.14. The number of halogens is 2. The van der Waals surface area contributed by atoms with Crippen LogP contribution in [0.1, 0.15) is 35.7 Å². The fourth-order valence-corrected chi connectivity index (χ4v) is 4.56. The van der Waals surface area contributed by atoms with Crippen molar-refractivity contribution in [2.24, 2.45) is 5.92 Å². The Hall–Kier alpha value is -2.93. The zero-order chi connectivity index (χ0) is 22.2. The van der Waals surface area contributed by atoms with Crippen molar-refractivity contribution in [3.8, 4) is 0 Å². The second-order valence-corrected chi connectivity index (χ2v) is 8.66. The number of rotatable bonds is 4. The Morgan fingerprint density at radius 1 is 1.16 bits per heavy atom. The number of nitrogens with zero attached hydrogens (tertiary/aromatic N) is 2. The van der Waals surface area contributed by atoms with Gasteiger partial charge in [-0.05, 0) is 61.6 Å². The molecule has 0 spiro atoms. The number of likely N-dealkylation sites (tertiary alicyclic amines) is 1. The van der Waals surface area contributed by atoms with E-state index in [0.717, 1.165) is 0 Å². The summed E-state index contributed by atoms with van der Waals surface area (Å²) >= 11 is 5.99. The summed E-state index contributed by atoms with van der Waals surface area (Å²) in [6, 6.07) is 12.1. The molecule has 0 aliphatic carbocycles. The molecule has 0 aromatic heterocycles. The van der Waals surface area contributed by atoms with Crippen LogP contribution in [-0.2, 0) is 11.3 Å². The summed E-state index contributed by atoms with van der Waals surface area (Å²) in [4.78, 5) is 41.4. The number of carbonyl (C=O) groups excluding carboxylic acids is 3. The van der Waals surface area contributed by atoms with E-state index in [-0.39, 0.29) is 30.1 Å². The van der Waals surface area contributed by atoms with Crippen LogP contribution in [0, 0.1) is 11.7 Å². The number of hydrogen-bond acceptors (Lipinski definition) is 3. The lowest BCUT2D eigenvalue weighted by Crippen LogP contribution is -2.54. The number of piperidine rings is 1. The Morgan fingerprint density at radius 3 is 2.48 bits per heavy atom. The van der Waals surface area contributed by atoms with Gasteiger partial charge in [0, 0.05) is 23.7 Å². The topological polar surface area (TPSA) is 69.7 Å². The minimum atomic E-state index is -1.03. The summed E-state index contributed by atoms with van der Waals surface area (Å²) in [5.41, 5.74) is 0.187. The summed E-state index contributed by atoms with van der Waals surface area (Å²) in [5, 5.41) is 3.37. The highest BCUT2D eigenvalue weighted by atomic mass is 35.5. The molecule has 2 aliphatic heterocycles. The molecule has 162 valence electrons. The van der Waals surface area contributed by atoms with E-state index in [1.165, 1.54) is 17.0 Å². The van der Waals surface area contributed by atoms with Crippen molar-refractivity contribution in [1.82, 2.24) is 15.1 Å². The van der Waals surface area contributed by atoms with E-state index in [2.05, 4.69) is 5.32 Å². The molecule has 2 aliphatic rings. The number of imide groups is 1. The van der Waals surface area contributed by atoms with Crippen molar-refractivity contribution in [1.29, 1.82) is 0 Å². The average Bonchev–Trinajstić information content (AvgIpc) is 2.98. The standard InChI is InChI=1S/C23H23ClFN3O3/c1-23(21(30)28(22(31)26-23)14-15-5-7-19(25)8-6-15)17-9-11-27(12-10-17)20(29)16-3-2-4-18(24)13-16/h2-8,13,17H,9-12,14H2,1H3,(H,26,31). The fraction of sp³-hybridized carbons (Fsp3) is 0.348. The largest absolute Gasteiger partial charge is 0.339 e. The highest BCUT2D eigenvalue weighted by Crippen LogP contribution is 2.34. The van der Waals surface area contributed by atoms with E-state index >= 15 is 0 Å². The zero-order valence-electron chi connectivity index (χ0n) is 17.1. The lowest BCUT2D eigenvalue weighted by Gasteiger charge is -2.39. The molecule has 2 heterocycles. The molecule has 2 aromatic carbocycles. The molecule has 0 bridgehead atoms. The molecule has 1 atom stereocenters. The monoisotopic (exact) mass is 443 g/mol. The van der Waals surface area contributed by atoms with E-state index in [1.54, 1.807) is 48.2 Å². The van der Waals surface area contributed by atoms with E-state index < -0.39 is 11.6 Å². The third-order valence-electron chi connectivity index (χ3n) is 6.23.